The fraction of sp³-hybridized carbons (Fsp3) is 0.167. The number of rotatable bonds is 3. The molecule has 0 unspecified atom stereocenters. The molecule has 1 amide bonds. The maximum absolute atomic E-state index is 11.8. The van der Waals surface area contributed by atoms with Gasteiger partial charge in [0.2, 0.25) is 0 Å². The average molecular weight is 231 g/mol. The molecule has 0 aliphatic heterocycles. The minimum Gasteiger partial charge on any atom is -0.360 e. The van der Waals surface area contributed by atoms with Gasteiger partial charge in [-0.3, -0.25) is 4.79 Å². The molecule has 17 heavy (non-hydrogen) atoms. The first-order valence-corrected chi connectivity index (χ1v) is 5.22. The van der Waals surface area contributed by atoms with Crippen molar-refractivity contribution in [2.45, 2.75) is 13.5 Å². The fourth-order valence-electron chi connectivity index (χ4n) is 1.41. The summed E-state index contributed by atoms with van der Waals surface area (Å²) in [7, 11) is 0. The van der Waals surface area contributed by atoms with Crippen molar-refractivity contribution in [3.05, 3.63) is 47.2 Å². The van der Waals surface area contributed by atoms with E-state index in [1.807, 2.05) is 12.1 Å². The number of aryl methyl sites for hydroxylation is 1. The summed E-state index contributed by atoms with van der Waals surface area (Å²) in [4.78, 5) is 11.8. The van der Waals surface area contributed by atoms with E-state index in [2.05, 4.69) is 10.5 Å². The third-order valence-corrected chi connectivity index (χ3v) is 2.32. The van der Waals surface area contributed by atoms with Gasteiger partial charge in [0.05, 0.1) is 0 Å². The van der Waals surface area contributed by atoms with Crippen molar-refractivity contribution >= 4 is 11.7 Å². The first-order chi connectivity index (χ1) is 8.19. The van der Waals surface area contributed by atoms with E-state index in [-0.39, 0.29) is 5.91 Å². The smallest absolute Gasteiger partial charge is 0.256 e. The molecule has 2 rings (SSSR count). The largest absolute Gasteiger partial charge is 0.360 e. The summed E-state index contributed by atoms with van der Waals surface area (Å²) in [6.45, 7) is 2.23. The van der Waals surface area contributed by atoms with Crippen LogP contribution in [-0.2, 0) is 6.54 Å². The number of carbonyl (C=O) groups excluding carboxylic acids is 1. The molecule has 5 nitrogen and oxygen atoms in total. The van der Waals surface area contributed by atoms with Crippen LogP contribution in [0.15, 0.2) is 34.9 Å². The Hall–Kier alpha value is -2.14. The Morgan fingerprint density at radius 3 is 2.65 bits per heavy atom. The molecule has 1 aromatic carbocycles. The van der Waals surface area contributed by atoms with Gasteiger partial charge in [-0.15, -0.1) is 0 Å². The topological polar surface area (TPSA) is 81.2 Å². The number of carbonyl (C=O) groups is 1. The molecule has 0 radical (unpaired) electrons. The molecule has 0 atom stereocenters. The molecule has 0 fully saturated rings. The van der Waals surface area contributed by atoms with Crippen molar-refractivity contribution in [3.8, 4) is 0 Å². The van der Waals surface area contributed by atoms with E-state index in [0.717, 1.165) is 5.56 Å². The average Bonchev–Trinajstić information content (AvgIpc) is 2.75. The van der Waals surface area contributed by atoms with Crippen LogP contribution in [-0.4, -0.2) is 11.1 Å². The van der Waals surface area contributed by atoms with Gasteiger partial charge in [0.25, 0.3) is 5.91 Å². The summed E-state index contributed by atoms with van der Waals surface area (Å²) in [6.07, 6.45) is 0. The van der Waals surface area contributed by atoms with E-state index < -0.39 is 0 Å². The Labute approximate surface area is 98.6 Å². The Kier molecular flexibility index (Phi) is 3.20. The highest BCUT2D eigenvalue weighted by molar-refractivity contribution is 6.03. The quantitative estimate of drug-likeness (QED) is 0.842. The monoisotopic (exact) mass is 231 g/mol. The predicted octanol–water partition coefficient (Wildman–Crippen LogP) is 1.69. The molecule has 0 aliphatic carbocycles. The van der Waals surface area contributed by atoms with Gasteiger partial charge in [-0.25, -0.2) is 0 Å². The lowest BCUT2D eigenvalue weighted by atomic mass is 10.1. The highest BCUT2D eigenvalue weighted by Crippen LogP contribution is 2.10. The SMILES string of the molecule is Cc1cc(NC(=O)c2ccc(CN)cc2)no1. The minimum absolute atomic E-state index is 0.220. The van der Waals surface area contributed by atoms with Gasteiger partial charge in [-0.1, -0.05) is 17.3 Å². The van der Waals surface area contributed by atoms with Gasteiger partial charge in [-0.05, 0) is 24.6 Å². The number of anilines is 1. The van der Waals surface area contributed by atoms with Crippen molar-refractivity contribution in [1.29, 1.82) is 0 Å². The molecular formula is C12H13N3O2. The Bertz CT molecular complexity index is 517. The molecular weight excluding hydrogens is 218 g/mol. The number of aromatic nitrogens is 1. The standard InChI is InChI=1S/C12H13N3O2/c1-8-6-11(15-17-8)14-12(16)10-4-2-9(7-13)3-5-10/h2-6H,7,13H2,1H3,(H,14,15,16). The summed E-state index contributed by atoms with van der Waals surface area (Å²) >= 11 is 0. The lowest BCUT2D eigenvalue weighted by Gasteiger charge is -2.02. The van der Waals surface area contributed by atoms with Crippen LogP contribution in [0.1, 0.15) is 21.7 Å². The van der Waals surface area contributed by atoms with Gasteiger partial charge in [-0.2, -0.15) is 0 Å². The molecule has 0 saturated heterocycles. The van der Waals surface area contributed by atoms with Crippen LogP contribution in [0.4, 0.5) is 5.82 Å². The van der Waals surface area contributed by atoms with E-state index in [4.69, 9.17) is 10.3 Å². The summed E-state index contributed by atoms with van der Waals surface area (Å²) in [6, 6.07) is 8.76. The fourth-order valence-corrected chi connectivity index (χ4v) is 1.41. The molecule has 0 bridgehead atoms. The summed E-state index contributed by atoms with van der Waals surface area (Å²) in [5.74, 6) is 0.844. The van der Waals surface area contributed by atoms with Crippen LogP contribution in [0.25, 0.3) is 0 Å². The molecule has 1 heterocycles. The van der Waals surface area contributed by atoms with Crippen LogP contribution < -0.4 is 11.1 Å². The maximum Gasteiger partial charge on any atom is 0.256 e. The van der Waals surface area contributed by atoms with Crippen molar-refractivity contribution in [2.75, 3.05) is 5.32 Å². The van der Waals surface area contributed by atoms with Crippen molar-refractivity contribution in [2.24, 2.45) is 5.73 Å². The molecule has 5 heteroatoms. The summed E-state index contributed by atoms with van der Waals surface area (Å²) in [5, 5.41) is 6.33. The molecule has 0 aliphatic rings. The normalized spacial score (nSPS) is 10.2. The van der Waals surface area contributed by atoms with E-state index in [1.165, 1.54) is 0 Å². The van der Waals surface area contributed by atoms with E-state index in [9.17, 15) is 4.79 Å². The molecule has 0 spiro atoms. The molecule has 3 N–H and O–H groups in total. The Morgan fingerprint density at radius 1 is 1.41 bits per heavy atom. The molecule has 2 aromatic rings. The number of hydrogen-bond acceptors (Lipinski definition) is 4. The van der Waals surface area contributed by atoms with Crippen molar-refractivity contribution < 1.29 is 9.32 Å². The van der Waals surface area contributed by atoms with Crippen molar-refractivity contribution in [1.82, 2.24) is 5.16 Å². The van der Waals surface area contributed by atoms with Gasteiger partial charge in [0, 0.05) is 18.2 Å². The van der Waals surface area contributed by atoms with Crippen LogP contribution in [0.3, 0.4) is 0 Å². The Morgan fingerprint density at radius 2 is 2.12 bits per heavy atom. The number of benzene rings is 1. The van der Waals surface area contributed by atoms with Gasteiger partial charge >= 0.3 is 0 Å². The van der Waals surface area contributed by atoms with Crippen LogP contribution in [0.5, 0.6) is 0 Å². The van der Waals surface area contributed by atoms with Crippen LogP contribution in [0, 0.1) is 6.92 Å². The zero-order valence-corrected chi connectivity index (χ0v) is 9.43. The third kappa shape index (κ3) is 2.70. The highest BCUT2D eigenvalue weighted by Gasteiger charge is 2.08. The number of amides is 1. The second-order valence-corrected chi connectivity index (χ2v) is 3.68. The zero-order valence-electron chi connectivity index (χ0n) is 9.43. The number of nitrogens with two attached hydrogens (primary N) is 1. The third-order valence-electron chi connectivity index (χ3n) is 2.32. The van der Waals surface area contributed by atoms with E-state index in [1.54, 1.807) is 25.1 Å². The van der Waals surface area contributed by atoms with Crippen molar-refractivity contribution in [3.63, 3.8) is 0 Å². The van der Waals surface area contributed by atoms with Crippen LogP contribution >= 0.6 is 0 Å². The lowest BCUT2D eigenvalue weighted by Crippen LogP contribution is -2.12. The maximum atomic E-state index is 11.8. The minimum atomic E-state index is -0.220. The Balaban J connectivity index is 2.09. The number of nitrogens with zero attached hydrogens (tertiary/aromatic N) is 1. The molecule has 0 saturated carbocycles. The van der Waals surface area contributed by atoms with Gasteiger partial charge < -0.3 is 15.6 Å². The zero-order chi connectivity index (χ0) is 12.3. The highest BCUT2D eigenvalue weighted by atomic mass is 16.5. The van der Waals surface area contributed by atoms with E-state index in [0.29, 0.717) is 23.7 Å². The predicted molar refractivity (Wildman–Crippen MR) is 63.5 cm³/mol. The summed E-state index contributed by atoms with van der Waals surface area (Å²) in [5.41, 5.74) is 7.02. The number of nitrogens with one attached hydrogen (secondary N) is 1. The first-order valence-electron chi connectivity index (χ1n) is 5.22. The van der Waals surface area contributed by atoms with Gasteiger partial charge in [0.15, 0.2) is 5.82 Å². The summed E-state index contributed by atoms with van der Waals surface area (Å²) < 4.78 is 4.86. The van der Waals surface area contributed by atoms with Gasteiger partial charge in [0.1, 0.15) is 5.76 Å². The molecule has 1 aromatic heterocycles. The van der Waals surface area contributed by atoms with E-state index >= 15 is 0 Å². The molecule has 88 valence electrons. The lowest BCUT2D eigenvalue weighted by molar-refractivity contribution is 0.102. The second-order valence-electron chi connectivity index (χ2n) is 3.68. The number of hydrogen-bond donors (Lipinski definition) is 2. The second kappa shape index (κ2) is 4.80. The first kappa shape index (κ1) is 11.3. The van der Waals surface area contributed by atoms with Crippen LogP contribution in [0.2, 0.25) is 0 Å².